The fraction of sp³-hybridized carbons (Fsp3) is 0.325. The summed E-state index contributed by atoms with van der Waals surface area (Å²) in [6.45, 7) is 3.07. The van der Waals surface area contributed by atoms with Gasteiger partial charge in [0.15, 0.2) is 5.78 Å². The fourth-order valence-corrected chi connectivity index (χ4v) is 6.35. The zero-order chi connectivity index (χ0) is 33.0. The number of hydrogen-bond acceptors (Lipinski definition) is 5. The van der Waals surface area contributed by atoms with E-state index in [1.807, 2.05) is 85.9 Å². The van der Waals surface area contributed by atoms with Gasteiger partial charge in [-0.05, 0) is 84.8 Å². The molecule has 7 nitrogen and oxygen atoms in total. The second-order valence-corrected chi connectivity index (χ2v) is 12.2. The van der Waals surface area contributed by atoms with E-state index in [1.165, 1.54) is 5.56 Å². The average Bonchev–Trinajstić information content (AvgIpc) is 3.42. The van der Waals surface area contributed by atoms with Crippen molar-refractivity contribution in [1.29, 1.82) is 0 Å². The van der Waals surface area contributed by atoms with E-state index in [0.29, 0.717) is 18.5 Å². The van der Waals surface area contributed by atoms with E-state index in [0.717, 1.165) is 53.6 Å². The molecule has 5 rings (SSSR count). The Labute approximate surface area is 278 Å². The lowest BCUT2D eigenvalue weighted by atomic mass is 9.90. The summed E-state index contributed by atoms with van der Waals surface area (Å²) in [6.07, 6.45) is 2.84. The average molecular weight is 632 g/mol. The summed E-state index contributed by atoms with van der Waals surface area (Å²) in [6, 6.07) is 32.9. The van der Waals surface area contributed by atoms with Crippen molar-refractivity contribution in [3.05, 3.63) is 125 Å². The van der Waals surface area contributed by atoms with Gasteiger partial charge >= 0.3 is 6.09 Å². The van der Waals surface area contributed by atoms with Gasteiger partial charge in [-0.1, -0.05) is 104 Å². The van der Waals surface area contributed by atoms with Crippen molar-refractivity contribution in [1.82, 2.24) is 10.6 Å². The Bertz CT molecular complexity index is 1590. The molecule has 0 fully saturated rings. The van der Waals surface area contributed by atoms with Crippen molar-refractivity contribution < 1.29 is 19.1 Å². The van der Waals surface area contributed by atoms with Crippen LogP contribution in [0, 0.1) is 5.92 Å². The highest BCUT2D eigenvalue weighted by molar-refractivity contribution is 5.97. The summed E-state index contributed by atoms with van der Waals surface area (Å²) in [4.78, 5) is 40.8. The molecule has 2 amide bonds. The van der Waals surface area contributed by atoms with E-state index in [1.54, 1.807) is 0 Å². The first kappa shape index (κ1) is 33.6. The minimum absolute atomic E-state index is 0.0135. The van der Waals surface area contributed by atoms with E-state index in [4.69, 9.17) is 4.74 Å². The number of alkyl carbamates (subject to hydrolysis) is 1. The quantitative estimate of drug-likeness (QED) is 0.113. The largest absolute Gasteiger partial charge is 0.449 e. The third-order valence-corrected chi connectivity index (χ3v) is 8.98. The van der Waals surface area contributed by atoms with Gasteiger partial charge in [0.25, 0.3) is 0 Å². The van der Waals surface area contributed by atoms with E-state index >= 15 is 0 Å². The summed E-state index contributed by atoms with van der Waals surface area (Å²) in [5.74, 6) is -1.01. The molecular weight excluding hydrogens is 586 g/mol. The van der Waals surface area contributed by atoms with Crippen LogP contribution in [0.1, 0.15) is 60.8 Å². The van der Waals surface area contributed by atoms with Gasteiger partial charge in [-0.3, -0.25) is 9.59 Å². The number of benzene rings is 4. The summed E-state index contributed by atoms with van der Waals surface area (Å²) in [5, 5.41) is 9.03. The SMILES string of the molecule is CCc1ccc(NC(=O)[C@H](CCCCNC)CC(=O)[C@H](Cc2ccccc2)NC(=O)OCC2c3ccccc3-c3ccccc32)cc1. The molecule has 0 aromatic heterocycles. The van der Waals surface area contributed by atoms with Crippen molar-refractivity contribution >= 4 is 23.5 Å². The van der Waals surface area contributed by atoms with Gasteiger partial charge in [-0.2, -0.15) is 0 Å². The number of rotatable bonds is 16. The van der Waals surface area contributed by atoms with Crippen LogP contribution in [0.4, 0.5) is 10.5 Å². The molecule has 7 heteroatoms. The van der Waals surface area contributed by atoms with Crippen LogP contribution in [0.25, 0.3) is 11.1 Å². The molecule has 0 bridgehead atoms. The number of carbonyl (C=O) groups excluding carboxylic acids is 3. The van der Waals surface area contributed by atoms with Crippen LogP contribution in [0.3, 0.4) is 0 Å². The number of amides is 2. The molecule has 47 heavy (non-hydrogen) atoms. The second kappa shape index (κ2) is 16.7. The molecule has 1 aliphatic carbocycles. The lowest BCUT2D eigenvalue weighted by Crippen LogP contribution is -2.44. The van der Waals surface area contributed by atoms with Gasteiger partial charge in [0.2, 0.25) is 5.91 Å². The van der Waals surface area contributed by atoms with E-state index < -0.39 is 18.1 Å². The number of nitrogens with one attached hydrogen (secondary N) is 3. The summed E-state index contributed by atoms with van der Waals surface area (Å²) in [7, 11) is 1.90. The Morgan fingerprint density at radius 2 is 1.40 bits per heavy atom. The molecule has 1 aliphatic rings. The molecule has 0 unspecified atom stereocenters. The third kappa shape index (κ3) is 8.95. The highest BCUT2D eigenvalue weighted by atomic mass is 16.5. The number of aryl methyl sites for hydroxylation is 1. The van der Waals surface area contributed by atoms with Crippen molar-refractivity contribution in [2.75, 3.05) is 25.5 Å². The predicted octanol–water partition coefficient (Wildman–Crippen LogP) is 7.30. The first-order chi connectivity index (χ1) is 23.0. The zero-order valence-corrected chi connectivity index (χ0v) is 27.3. The van der Waals surface area contributed by atoms with Crippen LogP contribution in [0.5, 0.6) is 0 Å². The molecule has 0 heterocycles. The lowest BCUT2D eigenvalue weighted by molar-refractivity contribution is -0.127. The Kier molecular flexibility index (Phi) is 11.9. The van der Waals surface area contributed by atoms with Gasteiger partial charge < -0.3 is 20.7 Å². The van der Waals surface area contributed by atoms with Crippen molar-refractivity contribution in [3.8, 4) is 11.1 Å². The summed E-state index contributed by atoms with van der Waals surface area (Å²) >= 11 is 0. The van der Waals surface area contributed by atoms with E-state index in [2.05, 4.69) is 47.1 Å². The van der Waals surface area contributed by atoms with Crippen LogP contribution in [0.15, 0.2) is 103 Å². The standard InChI is InChI=1S/C40H45N3O4/c1-3-28-20-22-31(23-21-28)42-39(45)30(15-11-12-24-41-2)26-38(44)37(25-29-13-5-4-6-14-29)43-40(46)47-27-36-34-18-9-7-16-32(34)33-17-8-10-19-35(33)36/h4-10,13-14,16-23,30,36-37,41H,3,11-12,15,24-27H2,1-2H3,(H,42,45)(H,43,46)/t30-,37+/m1/s1. The number of ketones is 1. The van der Waals surface area contributed by atoms with Crippen LogP contribution in [-0.2, 0) is 27.2 Å². The number of hydrogen-bond donors (Lipinski definition) is 3. The van der Waals surface area contributed by atoms with Gasteiger partial charge in [0, 0.05) is 23.9 Å². The Balaban J connectivity index is 1.28. The highest BCUT2D eigenvalue weighted by Crippen LogP contribution is 2.44. The maximum Gasteiger partial charge on any atom is 0.407 e. The van der Waals surface area contributed by atoms with Crippen molar-refractivity contribution in [2.45, 2.75) is 57.4 Å². The zero-order valence-electron chi connectivity index (χ0n) is 27.3. The first-order valence-corrected chi connectivity index (χ1v) is 16.7. The molecule has 0 spiro atoms. The minimum Gasteiger partial charge on any atom is -0.449 e. The number of fused-ring (bicyclic) bond motifs is 3. The highest BCUT2D eigenvalue weighted by Gasteiger charge is 2.31. The number of unbranched alkanes of at least 4 members (excludes halogenated alkanes) is 1. The number of ether oxygens (including phenoxy) is 1. The molecule has 4 aromatic carbocycles. The second-order valence-electron chi connectivity index (χ2n) is 12.2. The molecule has 4 aromatic rings. The smallest absolute Gasteiger partial charge is 0.407 e. The number of Topliss-reactive ketones (excluding diaryl/α,β-unsaturated/α-hetero) is 1. The molecule has 244 valence electrons. The molecule has 0 saturated heterocycles. The summed E-state index contributed by atoms with van der Waals surface area (Å²) in [5.41, 5.74) is 7.34. The number of anilines is 1. The minimum atomic E-state index is -0.843. The molecule has 2 atom stereocenters. The summed E-state index contributed by atoms with van der Waals surface area (Å²) < 4.78 is 5.81. The van der Waals surface area contributed by atoms with Crippen LogP contribution < -0.4 is 16.0 Å². The first-order valence-electron chi connectivity index (χ1n) is 16.7. The predicted molar refractivity (Wildman–Crippen MR) is 187 cm³/mol. The molecular formula is C40H45N3O4. The topological polar surface area (TPSA) is 96.5 Å². The van der Waals surface area contributed by atoms with Gasteiger partial charge in [-0.25, -0.2) is 4.79 Å². The Hall–Kier alpha value is -4.75. The van der Waals surface area contributed by atoms with Crippen LogP contribution >= 0.6 is 0 Å². The molecule has 0 saturated carbocycles. The van der Waals surface area contributed by atoms with E-state index in [-0.39, 0.29) is 30.6 Å². The van der Waals surface area contributed by atoms with Gasteiger partial charge in [0.05, 0.1) is 6.04 Å². The van der Waals surface area contributed by atoms with Crippen molar-refractivity contribution in [2.24, 2.45) is 5.92 Å². The normalized spacial score (nSPS) is 13.2. The Morgan fingerprint density at radius 3 is 2.04 bits per heavy atom. The Morgan fingerprint density at radius 1 is 0.766 bits per heavy atom. The van der Waals surface area contributed by atoms with E-state index in [9.17, 15) is 14.4 Å². The van der Waals surface area contributed by atoms with Gasteiger partial charge in [-0.15, -0.1) is 0 Å². The third-order valence-electron chi connectivity index (χ3n) is 8.98. The maximum atomic E-state index is 13.9. The molecule has 0 radical (unpaired) electrons. The van der Waals surface area contributed by atoms with Crippen LogP contribution in [-0.4, -0.2) is 44.0 Å². The van der Waals surface area contributed by atoms with Crippen LogP contribution in [0.2, 0.25) is 0 Å². The molecule has 0 aliphatic heterocycles. The van der Waals surface area contributed by atoms with Gasteiger partial charge in [0.1, 0.15) is 6.61 Å². The fourth-order valence-electron chi connectivity index (χ4n) is 6.35. The maximum absolute atomic E-state index is 13.9. The molecule has 3 N–H and O–H groups in total. The lowest BCUT2D eigenvalue weighted by Gasteiger charge is -2.22. The number of carbonyl (C=O) groups is 3. The monoisotopic (exact) mass is 631 g/mol. The van der Waals surface area contributed by atoms with Crippen molar-refractivity contribution in [3.63, 3.8) is 0 Å².